The van der Waals surface area contributed by atoms with Gasteiger partial charge in [-0.05, 0) is 35.4 Å². The Kier molecular flexibility index (Phi) is 4.66. The molecule has 0 aromatic heterocycles. The Balaban J connectivity index is 2.08. The predicted octanol–water partition coefficient (Wildman–Crippen LogP) is 3.42. The van der Waals surface area contributed by atoms with Crippen molar-refractivity contribution < 1.29 is 14.6 Å². The lowest BCUT2D eigenvalue weighted by molar-refractivity contribution is 0.274. The molecule has 3 nitrogen and oxygen atoms in total. The van der Waals surface area contributed by atoms with Gasteiger partial charge in [0.05, 0.1) is 13.7 Å². The Morgan fingerprint density at radius 2 is 1.68 bits per heavy atom. The van der Waals surface area contributed by atoms with Crippen LogP contribution >= 0.6 is 11.6 Å². The van der Waals surface area contributed by atoms with Crippen molar-refractivity contribution in [3.63, 3.8) is 0 Å². The summed E-state index contributed by atoms with van der Waals surface area (Å²) in [6.07, 6.45) is 0. The fourth-order valence-corrected chi connectivity index (χ4v) is 1.80. The number of methoxy groups -OCH3 is 1. The highest BCUT2D eigenvalue weighted by molar-refractivity contribution is 6.30. The molecule has 2 rings (SSSR count). The third-order valence-corrected chi connectivity index (χ3v) is 2.97. The highest BCUT2D eigenvalue weighted by atomic mass is 35.5. The summed E-state index contributed by atoms with van der Waals surface area (Å²) in [7, 11) is 1.58. The molecule has 0 aliphatic carbocycles. The van der Waals surface area contributed by atoms with Crippen LogP contribution < -0.4 is 9.47 Å². The van der Waals surface area contributed by atoms with Crippen LogP contribution in [0.15, 0.2) is 42.5 Å². The number of aliphatic hydroxyl groups excluding tert-OH is 1. The minimum Gasteiger partial charge on any atom is -0.493 e. The van der Waals surface area contributed by atoms with Gasteiger partial charge in [-0.15, -0.1) is 0 Å². The van der Waals surface area contributed by atoms with Gasteiger partial charge in [-0.25, -0.2) is 0 Å². The van der Waals surface area contributed by atoms with Crippen LogP contribution in [0.25, 0.3) is 0 Å². The van der Waals surface area contributed by atoms with Crippen LogP contribution in [0.5, 0.6) is 11.5 Å². The summed E-state index contributed by atoms with van der Waals surface area (Å²) in [4.78, 5) is 0. The van der Waals surface area contributed by atoms with Crippen molar-refractivity contribution in [2.45, 2.75) is 13.2 Å². The number of hydrogen-bond donors (Lipinski definition) is 1. The lowest BCUT2D eigenvalue weighted by Gasteiger charge is -2.11. The molecule has 0 bridgehead atoms. The van der Waals surface area contributed by atoms with Gasteiger partial charge in [-0.2, -0.15) is 0 Å². The van der Waals surface area contributed by atoms with Gasteiger partial charge in [-0.1, -0.05) is 29.8 Å². The maximum atomic E-state index is 9.07. The lowest BCUT2D eigenvalue weighted by Crippen LogP contribution is -1.98. The molecule has 19 heavy (non-hydrogen) atoms. The van der Waals surface area contributed by atoms with Crippen LogP contribution in [0.3, 0.4) is 0 Å². The molecule has 0 unspecified atom stereocenters. The molecule has 0 aliphatic heterocycles. The van der Waals surface area contributed by atoms with E-state index in [9.17, 15) is 0 Å². The topological polar surface area (TPSA) is 38.7 Å². The molecule has 0 aliphatic rings. The van der Waals surface area contributed by atoms with E-state index in [1.165, 1.54) is 0 Å². The molecule has 0 saturated carbocycles. The van der Waals surface area contributed by atoms with Gasteiger partial charge in [0.2, 0.25) is 0 Å². The number of hydrogen-bond acceptors (Lipinski definition) is 3. The molecule has 100 valence electrons. The molecule has 0 fully saturated rings. The second kappa shape index (κ2) is 6.45. The van der Waals surface area contributed by atoms with E-state index in [2.05, 4.69) is 0 Å². The zero-order valence-electron chi connectivity index (χ0n) is 10.6. The number of aliphatic hydroxyl groups is 1. The third-order valence-electron chi connectivity index (χ3n) is 2.72. The van der Waals surface area contributed by atoms with Gasteiger partial charge in [-0.3, -0.25) is 0 Å². The fraction of sp³-hybridized carbons (Fsp3) is 0.200. The highest BCUT2D eigenvalue weighted by Crippen LogP contribution is 2.28. The monoisotopic (exact) mass is 278 g/mol. The Hall–Kier alpha value is -1.71. The minimum atomic E-state index is -0.0200. The molecule has 0 radical (unpaired) electrons. The molecule has 1 N–H and O–H groups in total. The van der Waals surface area contributed by atoms with Crippen LogP contribution in [0.4, 0.5) is 0 Å². The Morgan fingerprint density at radius 1 is 1.00 bits per heavy atom. The van der Waals surface area contributed by atoms with E-state index in [1.54, 1.807) is 25.3 Å². The van der Waals surface area contributed by atoms with Gasteiger partial charge in [0.1, 0.15) is 6.61 Å². The molecule has 2 aromatic carbocycles. The summed E-state index contributed by atoms with van der Waals surface area (Å²) in [5, 5.41) is 9.78. The normalized spacial score (nSPS) is 10.3. The maximum absolute atomic E-state index is 9.07. The summed E-state index contributed by atoms with van der Waals surface area (Å²) >= 11 is 5.83. The molecular weight excluding hydrogens is 264 g/mol. The third kappa shape index (κ3) is 3.63. The van der Waals surface area contributed by atoms with Gasteiger partial charge in [0, 0.05) is 5.02 Å². The summed E-state index contributed by atoms with van der Waals surface area (Å²) in [5.41, 5.74) is 1.81. The Bertz CT molecular complexity index is 538. The first-order chi connectivity index (χ1) is 9.22. The van der Waals surface area contributed by atoms with Crippen LogP contribution in [0.2, 0.25) is 5.02 Å². The van der Waals surface area contributed by atoms with Crippen LogP contribution in [0, 0.1) is 0 Å². The Labute approximate surface area is 117 Å². The van der Waals surface area contributed by atoms with E-state index in [0.717, 1.165) is 11.1 Å². The van der Waals surface area contributed by atoms with Crippen molar-refractivity contribution in [3.8, 4) is 11.5 Å². The first-order valence-electron chi connectivity index (χ1n) is 5.88. The van der Waals surface area contributed by atoms with Gasteiger partial charge >= 0.3 is 0 Å². The zero-order chi connectivity index (χ0) is 13.7. The quantitative estimate of drug-likeness (QED) is 0.911. The van der Waals surface area contributed by atoms with E-state index < -0.39 is 0 Å². The fourth-order valence-electron chi connectivity index (χ4n) is 1.67. The van der Waals surface area contributed by atoms with E-state index in [0.29, 0.717) is 23.1 Å². The lowest BCUT2D eigenvalue weighted by atomic mass is 10.2. The van der Waals surface area contributed by atoms with Crippen molar-refractivity contribution in [2.75, 3.05) is 7.11 Å². The summed E-state index contributed by atoms with van der Waals surface area (Å²) in [5.74, 6) is 1.26. The van der Waals surface area contributed by atoms with Crippen molar-refractivity contribution in [3.05, 3.63) is 58.6 Å². The first-order valence-corrected chi connectivity index (χ1v) is 6.25. The average Bonchev–Trinajstić information content (AvgIpc) is 2.46. The molecule has 4 heteroatoms. The molecule has 0 atom stereocenters. The molecule has 0 saturated heterocycles. The number of ether oxygens (including phenoxy) is 2. The van der Waals surface area contributed by atoms with Gasteiger partial charge in [0.25, 0.3) is 0 Å². The maximum Gasteiger partial charge on any atom is 0.161 e. The molecular formula is C15H15ClO3. The predicted molar refractivity (Wildman–Crippen MR) is 74.7 cm³/mol. The number of halogens is 1. The number of benzene rings is 2. The second-order valence-corrected chi connectivity index (χ2v) is 4.49. The van der Waals surface area contributed by atoms with Gasteiger partial charge < -0.3 is 14.6 Å². The van der Waals surface area contributed by atoms with Crippen LogP contribution in [-0.2, 0) is 13.2 Å². The van der Waals surface area contributed by atoms with Crippen molar-refractivity contribution >= 4 is 11.6 Å². The smallest absolute Gasteiger partial charge is 0.161 e. The van der Waals surface area contributed by atoms with Gasteiger partial charge in [0.15, 0.2) is 11.5 Å². The van der Waals surface area contributed by atoms with Crippen LogP contribution in [0.1, 0.15) is 11.1 Å². The van der Waals surface area contributed by atoms with E-state index >= 15 is 0 Å². The summed E-state index contributed by atoms with van der Waals surface area (Å²) in [6, 6.07) is 12.8. The van der Waals surface area contributed by atoms with Crippen molar-refractivity contribution in [2.24, 2.45) is 0 Å². The first kappa shape index (κ1) is 13.7. The minimum absolute atomic E-state index is 0.0200. The zero-order valence-corrected chi connectivity index (χ0v) is 11.4. The van der Waals surface area contributed by atoms with E-state index in [4.69, 9.17) is 26.2 Å². The van der Waals surface area contributed by atoms with Crippen LogP contribution in [-0.4, -0.2) is 12.2 Å². The van der Waals surface area contributed by atoms with E-state index in [1.807, 2.05) is 24.3 Å². The average molecular weight is 279 g/mol. The van der Waals surface area contributed by atoms with Crippen molar-refractivity contribution in [1.29, 1.82) is 0 Å². The largest absolute Gasteiger partial charge is 0.493 e. The van der Waals surface area contributed by atoms with E-state index in [-0.39, 0.29) is 6.61 Å². The molecule has 0 heterocycles. The molecule has 0 amide bonds. The summed E-state index contributed by atoms with van der Waals surface area (Å²) < 4.78 is 10.9. The molecule has 2 aromatic rings. The second-order valence-electron chi connectivity index (χ2n) is 4.06. The highest BCUT2D eigenvalue weighted by Gasteiger charge is 2.05. The van der Waals surface area contributed by atoms with Crippen molar-refractivity contribution in [1.82, 2.24) is 0 Å². The standard InChI is InChI=1S/C15H15ClO3/c1-18-15-8-12(9-17)4-7-14(15)19-10-11-2-5-13(16)6-3-11/h2-8,17H,9-10H2,1H3. The number of rotatable bonds is 5. The SMILES string of the molecule is COc1cc(CO)ccc1OCc1ccc(Cl)cc1. The molecule has 0 spiro atoms. The summed E-state index contributed by atoms with van der Waals surface area (Å²) in [6.45, 7) is 0.416. The Morgan fingerprint density at radius 3 is 2.32 bits per heavy atom.